The molecule has 0 aliphatic carbocycles. The molecule has 6 heterocycles. The SMILES string of the molecule is c1ccc(-c2ccc(-n3c4ccccc4c4cc(-c5ccc6c(c5)c5ccccc5n6-c5ccc6c(c5)sc5ccccc56)ccc43)cc2)cc1.c1ccc(-c2cccc(-n3c4ccccc4c4cc(-c5ccc6c(c5)c5ccccc5n6-c5ccc6c(c5)sc5ccccc56)ccc43)c2)cc1. The summed E-state index contributed by atoms with van der Waals surface area (Å²) in [5, 5.41) is 15.4. The average Bonchev–Trinajstić information content (AvgIpc) is 1.54. The highest BCUT2D eigenvalue weighted by molar-refractivity contribution is 7.26. The second kappa shape index (κ2) is 23.4. The highest BCUT2D eigenvalue weighted by Crippen LogP contribution is 2.44. The van der Waals surface area contributed by atoms with Crippen molar-refractivity contribution in [3.8, 4) is 67.3 Å². The lowest BCUT2D eigenvalue weighted by Gasteiger charge is -2.11. The molecular formula is C96H60N4S2. The first kappa shape index (κ1) is 58.2. The van der Waals surface area contributed by atoms with Gasteiger partial charge in [0.05, 0.1) is 44.1 Å². The standard InChI is InChI=1S/2C48H30N2S/c1-2-11-31(12-3-1)32-13-10-14-35(27-32)49-43-18-7-4-15-37(43)41-28-33(21-25-45(41)49)34-22-26-46-42(29-34)38-16-5-8-19-44(38)50(46)36-23-24-40-39-17-6-9-20-47(39)51-48(40)30-36;1-2-10-31(11-3-1)32-18-22-35(23-19-32)49-43-15-7-4-12-37(43)41-28-33(20-26-45(41)49)34-21-27-46-42(29-34)38-13-5-8-16-44(38)50(46)36-24-25-40-39-14-6-9-17-47(39)51-48(40)30-36/h2*1-30H. The van der Waals surface area contributed by atoms with Crippen LogP contribution in [0, 0.1) is 0 Å². The molecule has 6 heteroatoms. The third-order valence-electron chi connectivity index (χ3n) is 21.0. The quantitative estimate of drug-likeness (QED) is 0.144. The Labute approximate surface area is 595 Å². The Morgan fingerprint density at radius 3 is 0.804 bits per heavy atom. The van der Waals surface area contributed by atoms with E-state index in [1.807, 2.05) is 22.7 Å². The predicted octanol–water partition coefficient (Wildman–Crippen LogP) is 27.2. The summed E-state index contributed by atoms with van der Waals surface area (Å²) in [7, 11) is 0. The molecule has 0 atom stereocenters. The monoisotopic (exact) mass is 1330 g/mol. The Kier molecular flexibility index (Phi) is 13.3. The van der Waals surface area contributed by atoms with Crippen molar-refractivity contribution >= 4 is 150 Å². The minimum atomic E-state index is 1.16. The molecule has 476 valence electrons. The summed E-state index contributed by atoms with van der Waals surface area (Å²) < 4.78 is 15.0. The number of rotatable bonds is 8. The summed E-state index contributed by atoms with van der Waals surface area (Å²) in [6.07, 6.45) is 0. The van der Waals surface area contributed by atoms with Crippen LogP contribution in [-0.4, -0.2) is 18.3 Å². The lowest BCUT2D eigenvalue weighted by Crippen LogP contribution is -1.94. The summed E-state index contributed by atoms with van der Waals surface area (Å²) >= 11 is 3.74. The van der Waals surface area contributed by atoms with Crippen LogP contribution in [0.5, 0.6) is 0 Å². The number of para-hydroxylation sites is 4. The van der Waals surface area contributed by atoms with E-state index in [4.69, 9.17) is 0 Å². The summed E-state index contributed by atoms with van der Waals surface area (Å²) in [6, 6.07) is 133. The molecule has 0 saturated carbocycles. The topological polar surface area (TPSA) is 19.7 Å². The highest BCUT2D eigenvalue weighted by Gasteiger charge is 2.21. The molecule has 0 aliphatic heterocycles. The molecule has 0 N–H and O–H groups in total. The zero-order valence-corrected chi connectivity index (χ0v) is 56.9. The van der Waals surface area contributed by atoms with E-state index in [-0.39, 0.29) is 0 Å². The molecule has 0 radical (unpaired) electrons. The molecule has 0 fully saturated rings. The maximum absolute atomic E-state index is 2.43. The van der Waals surface area contributed by atoms with Gasteiger partial charge in [-0.1, -0.05) is 231 Å². The Morgan fingerprint density at radius 2 is 0.402 bits per heavy atom. The molecule has 16 aromatic carbocycles. The van der Waals surface area contributed by atoms with E-state index < -0.39 is 0 Å². The second-order valence-electron chi connectivity index (χ2n) is 26.7. The van der Waals surface area contributed by atoms with Crippen molar-refractivity contribution < 1.29 is 0 Å². The van der Waals surface area contributed by atoms with Crippen LogP contribution < -0.4 is 0 Å². The first-order valence-electron chi connectivity index (χ1n) is 34.9. The van der Waals surface area contributed by atoms with Gasteiger partial charge in [-0.25, -0.2) is 0 Å². The maximum Gasteiger partial charge on any atom is 0.0541 e. The average molecular weight is 1330 g/mol. The smallest absolute Gasteiger partial charge is 0.0541 e. The van der Waals surface area contributed by atoms with Gasteiger partial charge in [-0.3, -0.25) is 0 Å². The number of benzene rings is 16. The molecule has 0 spiro atoms. The van der Waals surface area contributed by atoms with Gasteiger partial charge in [0.15, 0.2) is 0 Å². The van der Waals surface area contributed by atoms with E-state index in [2.05, 4.69) is 382 Å². The minimum Gasteiger partial charge on any atom is -0.309 e. The van der Waals surface area contributed by atoms with Gasteiger partial charge in [0.2, 0.25) is 0 Å². The van der Waals surface area contributed by atoms with Gasteiger partial charge >= 0.3 is 0 Å². The maximum atomic E-state index is 2.43. The van der Waals surface area contributed by atoms with Crippen molar-refractivity contribution in [1.29, 1.82) is 0 Å². The van der Waals surface area contributed by atoms with Gasteiger partial charge in [-0.05, 0) is 178 Å². The van der Waals surface area contributed by atoms with Crippen LogP contribution in [0.15, 0.2) is 364 Å². The van der Waals surface area contributed by atoms with Crippen LogP contribution in [0.2, 0.25) is 0 Å². The van der Waals surface area contributed by atoms with E-state index in [1.165, 1.54) is 189 Å². The van der Waals surface area contributed by atoms with Crippen molar-refractivity contribution in [3.63, 3.8) is 0 Å². The predicted molar refractivity (Wildman–Crippen MR) is 438 cm³/mol. The van der Waals surface area contributed by atoms with Gasteiger partial charge in [0.1, 0.15) is 0 Å². The van der Waals surface area contributed by atoms with E-state index in [1.54, 1.807) is 0 Å². The normalized spacial score (nSPS) is 11.9. The summed E-state index contributed by atoms with van der Waals surface area (Å²) in [5.74, 6) is 0. The van der Waals surface area contributed by atoms with E-state index >= 15 is 0 Å². The van der Waals surface area contributed by atoms with Crippen LogP contribution >= 0.6 is 22.7 Å². The molecule has 4 nitrogen and oxygen atoms in total. The van der Waals surface area contributed by atoms with Crippen LogP contribution in [0.4, 0.5) is 0 Å². The van der Waals surface area contributed by atoms with Crippen molar-refractivity contribution in [1.82, 2.24) is 18.3 Å². The van der Waals surface area contributed by atoms with Crippen molar-refractivity contribution in [2.24, 2.45) is 0 Å². The number of thiophene rings is 2. The first-order chi connectivity index (χ1) is 50.6. The summed E-state index contributed by atoms with van der Waals surface area (Å²) in [4.78, 5) is 0. The Morgan fingerprint density at radius 1 is 0.137 bits per heavy atom. The largest absolute Gasteiger partial charge is 0.309 e. The van der Waals surface area contributed by atoms with Gasteiger partial charge in [0.25, 0.3) is 0 Å². The molecule has 0 aliphatic rings. The highest BCUT2D eigenvalue weighted by atomic mass is 32.1. The number of hydrogen-bond donors (Lipinski definition) is 0. The molecular weight excluding hydrogens is 1270 g/mol. The molecule has 0 bridgehead atoms. The van der Waals surface area contributed by atoms with Crippen LogP contribution in [0.1, 0.15) is 0 Å². The van der Waals surface area contributed by atoms with Gasteiger partial charge in [-0.2, -0.15) is 0 Å². The van der Waals surface area contributed by atoms with Crippen LogP contribution in [0.3, 0.4) is 0 Å². The summed E-state index contributed by atoms with van der Waals surface area (Å²) in [5.41, 5.74) is 24.2. The Balaban J connectivity index is 0.000000133. The molecule has 22 aromatic rings. The van der Waals surface area contributed by atoms with Gasteiger partial charge < -0.3 is 18.3 Å². The van der Waals surface area contributed by atoms with Crippen molar-refractivity contribution in [2.75, 3.05) is 0 Å². The van der Waals surface area contributed by atoms with Crippen LogP contribution in [0.25, 0.3) is 195 Å². The molecule has 0 unspecified atom stereocenters. The Hall–Kier alpha value is -12.8. The second-order valence-corrected chi connectivity index (χ2v) is 28.9. The fraction of sp³-hybridized carbons (Fsp3) is 0. The van der Waals surface area contributed by atoms with Gasteiger partial charge in [0, 0.05) is 106 Å². The van der Waals surface area contributed by atoms with E-state index in [0.717, 1.165) is 5.69 Å². The number of fused-ring (bicyclic) bond motifs is 18. The minimum absolute atomic E-state index is 1.16. The first-order valence-corrected chi connectivity index (χ1v) is 36.5. The van der Waals surface area contributed by atoms with Crippen molar-refractivity contribution in [3.05, 3.63) is 364 Å². The van der Waals surface area contributed by atoms with Gasteiger partial charge in [-0.15, -0.1) is 22.7 Å². The number of aromatic nitrogens is 4. The molecule has 22 rings (SSSR count). The zero-order chi connectivity index (χ0) is 66.9. The van der Waals surface area contributed by atoms with E-state index in [0.29, 0.717) is 0 Å². The van der Waals surface area contributed by atoms with E-state index in [9.17, 15) is 0 Å². The lowest BCUT2D eigenvalue weighted by molar-refractivity contribution is 1.18. The zero-order valence-electron chi connectivity index (χ0n) is 55.2. The molecule has 6 aromatic heterocycles. The fourth-order valence-electron chi connectivity index (χ4n) is 16.3. The van der Waals surface area contributed by atoms with Crippen molar-refractivity contribution in [2.45, 2.75) is 0 Å². The fourth-order valence-corrected chi connectivity index (χ4v) is 18.6. The lowest BCUT2D eigenvalue weighted by atomic mass is 10.0. The number of hydrogen-bond acceptors (Lipinski definition) is 2. The molecule has 102 heavy (non-hydrogen) atoms. The molecule has 0 saturated heterocycles. The Bertz CT molecular complexity index is 7120. The van der Waals surface area contributed by atoms with Crippen LogP contribution in [-0.2, 0) is 0 Å². The number of nitrogens with zero attached hydrogens (tertiary/aromatic N) is 4. The summed E-state index contributed by atoms with van der Waals surface area (Å²) in [6.45, 7) is 0. The third kappa shape index (κ3) is 9.34. The molecule has 0 amide bonds. The third-order valence-corrected chi connectivity index (χ3v) is 23.3.